The molecule has 0 spiro atoms. The predicted molar refractivity (Wildman–Crippen MR) is 110 cm³/mol. The molecule has 30 heavy (non-hydrogen) atoms. The number of aromatic nitrogens is 3. The average Bonchev–Trinajstić information content (AvgIpc) is 3.41. The highest BCUT2D eigenvalue weighted by Gasteiger charge is 2.23. The minimum Gasteiger partial charge on any atom is -0.507 e. The number of carbonyl (C=O) groups excluding carboxylic acids is 2. The Morgan fingerprint density at radius 1 is 1.10 bits per heavy atom. The number of aromatic amines is 1. The van der Waals surface area contributed by atoms with Crippen LogP contribution in [0.15, 0.2) is 67.0 Å². The molecule has 0 saturated carbocycles. The van der Waals surface area contributed by atoms with Crippen molar-refractivity contribution < 1.29 is 19.8 Å². The highest BCUT2D eigenvalue weighted by atomic mass is 16.3. The Balaban J connectivity index is 1.49. The van der Waals surface area contributed by atoms with Gasteiger partial charge >= 0.3 is 0 Å². The maximum atomic E-state index is 12.7. The minimum absolute atomic E-state index is 0.0174. The number of nitrogens with one attached hydrogen (secondary N) is 3. The van der Waals surface area contributed by atoms with Crippen molar-refractivity contribution in [1.82, 2.24) is 19.9 Å². The largest absolute Gasteiger partial charge is 0.507 e. The summed E-state index contributed by atoms with van der Waals surface area (Å²) in [5.41, 5.74) is 2.06. The van der Waals surface area contributed by atoms with Gasteiger partial charge in [-0.15, -0.1) is 0 Å². The van der Waals surface area contributed by atoms with Gasteiger partial charge in [-0.2, -0.15) is 0 Å². The smallest absolute Gasteiger partial charge is 0.255 e. The number of H-pyrrole nitrogens is 1. The highest BCUT2D eigenvalue weighted by molar-refractivity contribution is 6.02. The Bertz CT molecular complexity index is 1170. The first kappa shape index (κ1) is 19.2. The van der Waals surface area contributed by atoms with Crippen LogP contribution in [0.2, 0.25) is 0 Å². The van der Waals surface area contributed by atoms with E-state index in [0.717, 1.165) is 5.52 Å². The number of benzene rings is 2. The molecule has 2 heterocycles. The Morgan fingerprint density at radius 3 is 2.60 bits per heavy atom. The summed E-state index contributed by atoms with van der Waals surface area (Å²) in [6.45, 7) is -0.629. The number of anilines is 1. The molecule has 4 aromatic rings. The van der Waals surface area contributed by atoms with Gasteiger partial charge in [-0.1, -0.05) is 12.1 Å². The number of para-hydroxylation sites is 2. The Kier molecular flexibility index (Phi) is 5.19. The van der Waals surface area contributed by atoms with Gasteiger partial charge in [0.1, 0.15) is 11.8 Å². The van der Waals surface area contributed by atoms with Gasteiger partial charge in [-0.05, 0) is 42.5 Å². The number of aliphatic hydroxyl groups excluding tert-OH is 1. The third kappa shape index (κ3) is 3.87. The number of hydrogen-bond donors (Lipinski definition) is 5. The van der Waals surface area contributed by atoms with E-state index in [1.165, 1.54) is 12.1 Å². The Hall–Kier alpha value is -4.11. The van der Waals surface area contributed by atoms with Crippen LogP contribution in [0.3, 0.4) is 0 Å². The lowest BCUT2D eigenvalue weighted by Crippen LogP contribution is -2.46. The quantitative estimate of drug-likeness (QED) is 0.334. The van der Waals surface area contributed by atoms with E-state index in [4.69, 9.17) is 0 Å². The second kappa shape index (κ2) is 8.10. The summed E-state index contributed by atoms with van der Waals surface area (Å²) in [5.74, 6) is -1.38. The fourth-order valence-electron chi connectivity index (χ4n) is 3.02. The van der Waals surface area contributed by atoms with Gasteiger partial charge in [-0.25, -0.2) is 4.98 Å². The summed E-state index contributed by atoms with van der Waals surface area (Å²) in [4.78, 5) is 32.4. The first-order valence-electron chi connectivity index (χ1n) is 9.19. The molecule has 4 rings (SSSR count). The molecule has 1 unspecified atom stereocenters. The molecule has 1 atom stereocenters. The first-order chi connectivity index (χ1) is 14.5. The molecule has 2 amide bonds. The van der Waals surface area contributed by atoms with Gasteiger partial charge in [0.2, 0.25) is 5.95 Å². The summed E-state index contributed by atoms with van der Waals surface area (Å²) in [5, 5.41) is 24.7. The zero-order valence-corrected chi connectivity index (χ0v) is 15.7. The van der Waals surface area contributed by atoms with E-state index in [1.54, 1.807) is 29.1 Å². The fraction of sp³-hybridized carbons (Fsp3) is 0.0952. The van der Waals surface area contributed by atoms with Crippen LogP contribution < -0.4 is 10.6 Å². The van der Waals surface area contributed by atoms with Crippen LogP contribution in [0.4, 0.5) is 5.95 Å². The number of aliphatic hydroxyl groups is 1. The molecule has 0 aliphatic rings. The molecule has 0 aliphatic carbocycles. The van der Waals surface area contributed by atoms with Gasteiger partial charge in [0, 0.05) is 18.1 Å². The van der Waals surface area contributed by atoms with Gasteiger partial charge in [0.25, 0.3) is 11.8 Å². The number of imidazole rings is 1. The van der Waals surface area contributed by atoms with E-state index in [-0.39, 0.29) is 17.3 Å². The van der Waals surface area contributed by atoms with Gasteiger partial charge in [-0.3, -0.25) is 14.9 Å². The van der Waals surface area contributed by atoms with Crippen LogP contribution >= 0.6 is 0 Å². The summed E-state index contributed by atoms with van der Waals surface area (Å²) in [6, 6.07) is 14.2. The molecule has 2 aromatic heterocycles. The number of carbonyl (C=O) groups is 2. The lowest BCUT2D eigenvalue weighted by Gasteiger charge is -2.16. The van der Waals surface area contributed by atoms with Crippen LogP contribution in [-0.4, -0.2) is 49.2 Å². The van der Waals surface area contributed by atoms with Gasteiger partial charge < -0.3 is 25.1 Å². The molecular formula is C21H19N5O4. The third-order valence-electron chi connectivity index (χ3n) is 4.56. The van der Waals surface area contributed by atoms with Crippen LogP contribution in [0, 0.1) is 0 Å². The normalized spacial score (nSPS) is 11.9. The second-order valence-corrected chi connectivity index (χ2v) is 6.59. The molecule has 0 aliphatic heterocycles. The van der Waals surface area contributed by atoms with Crippen LogP contribution in [-0.2, 0) is 4.79 Å². The molecule has 9 heteroatoms. The lowest BCUT2D eigenvalue weighted by molar-refractivity contribution is -0.118. The maximum Gasteiger partial charge on any atom is 0.255 e. The maximum absolute atomic E-state index is 12.7. The van der Waals surface area contributed by atoms with E-state index in [2.05, 4.69) is 20.6 Å². The zero-order chi connectivity index (χ0) is 21.1. The summed E-state index contributed by atoms with van der Waals surface area (Å²) < 4.78 is 1.77. The molecule has 2 aromatic carbocycles. The molecule has 0 fully saturated rings. The average molecular weight is 405 g/mol. The number of phenols is 1. The van der Waals surface area contributed by atoms with Crippen LogP contribution in [0.1, 0.15) is 10.4 Å². The number of nitrogens with zero attached hydrogens (tertiary/aromatic N) is 2. The monoisotopic (exact) mass is 405 g/mol. The molecule has 0 bridgehead atoms. The number of fused-ring (bicyclic) bond motifs is 1. The Morgan fingerprint density at radius 2 is 1.87 bits per heavy atom. The van der Waals surface area contributed by atoms with Crippen molar-refractivity contribution in [3.05, 3.63) is 72.6 Å². The minimum atomic E-state index is -1.24. The van der Waals surface area contributed by atoms with Crippen LogP contribution in [0.5, 0.6) is 5.75 Å². The summed E-state index contributed by atoms with van der Waals surface area (Å²) >= 11 is 0. The predicted octanol–water partition coefficient (Wildman–Crippen LogP) is 1.79. The molecule has 5 N–H and O–H groups in total. The fourth-order valence-corrected chi connectivity index (χ4v) is 3.02. The first-order valence-corrected chi connectivity index (χ1v) is 9.19. The number of rotatable bonds is 6. The van der Waals surface area contributed by atoms with Gasteiger partial charge in [0.15, 0.2) is 0 Å². The van der Waals surface area contributed by atoms with E-state index >= 15 is 0 Å². The third-order valence-corrected chi connectivity index (χ3v) is 4.56. The number of phenolic OH excluding ortho intramolecular Hbond substituents is 1. The van der Waals surface area contributed by atoms with Crippen LogP contribution in [0.25, 0.3) is 16.7 Å². The molecule has 152 valence electrons. The van der Waals surface area contributed by atoms with Crippen molar-refractivity contribution in [3.8, 4) is 11.4 Å². The molecular weight excluding hydrogens is 386 g/mol. The van der Waals surface area contributed by atoms with Crippen molar-refractivity contribution >= 4 is 28.8 Å². The number of aromatic hydroxyl groups is 1. The van der Waals surface area contributed by atoms with E-state index in [9.17, 15) is 19.8 Å². The molecule has 9 nitrogen and oxygen atoms in total. The standard InChI is InChI=1S/C21H19N5O4/c27-12-17(20(30)25-21-23-15-5-1-2-6-16(15)24-21)22-19(29)14-11-13(7-8-18(14)28)26-9-3-4-10-26/h1-11,17,27-28H,12H2,(H,22,29)(H2,23,24,25,30). The van der Waals surface area contributed by atoms with E-state index in [1.807, 2.05) is 30.3 Å². The second-order valence-electron chi connectivity index (χ2n) is 6.59. The van der Waals surface area contributed by atoms with Crippen molar-refractivity contribution in [2.75, 3.05) is 11.9 Å². The number of amides is 2. The summed E-state index contributed by atoms with van der Waals surface area (Å²) in [7, 11) is 0. The molecule has 0 saturated heterocycles. The zero-order valence-electron chi connectivity index (χ0n) is 15.7. The van der Waals surface area contributed by atoms with Gasteiger partial charge in [0.05, 0.1) is 23.2 Å². The van der Waals surface area contributed by atoms with Crippen molar-refractivity contribution in [2.24, 2.45) is 0 Å². The highest BCUT2D eigenvalue weighted by Crippen LogP contribution is 2.21. The summed E-state index contributed by atoms with van der Waals surface area (Å²) in [6.07, 6.45) is 3.59. The van der Waals surface area contributed by atoms with E-state index < -0.39 is 24.5 Å². The Labute approximate surface area is 171 Å². The van der Waals surface area contributed by atoms with Crippen molar-refractivity contribution in [1.29, 1.82) is 0 Å². The molecule has 0 radical (unpaired) electrons. The number of hydrogen-bond acceptors (Lipinski definition) is 5. The topological polar surface area (TPSA) is 132 Å². The van der Waals surface area contributed by atoms with Crippen molar-refractivity contribution in [3.63, 3.8) is 0 Å². The lowest BCUT2D eigenvalue weighted by atomic mass is 10.1. The van der Waals surface area contributed by atoms with E-state index in [0.29, 0.717) is 11.2 Å². The SMILES string of the molecule is O=C(NC(CO)C(=O)Nc1nc2ccccc2[nH]1)c1cc(-n2cccc2)ccc1O. The van der Waals surface area contributed by atoms with Crippen molar-refractivity contribution in [2.45, 2.75) is 6.04 Å².